The van der Waals surface area contributed by atoms with Gasteiger partial charge in [0.25, 0.3) is 0 Å². The molecular weight excluding hydrogens is 240 g/mol. The average molecular weight is 245 g/mol. The lowest BCUT2D eigenvalue weighted by atomic mass is 10.1. The first-order valence-corrected chi connectivity index (χ1v) is 5.02. The Morgan fingerprint density at radius 1 is 0.941 bits per heavy atom. The first-order chi connectivity index (χ1) is 8.27. The van der Waals surface area contributed by atoms with E-state index in [0.29, 0.717) is 27.2 Å². The van der Waals surface area contributed by atoms with E-state index in [1.54, 1.807) is 30.3 Å². The molecule has 0 unspecified atom stereocenters. The second-order valence-electron chi connectivity index (χ2n) is 3.17. The molecule has 0 aliphatic rings. The van der Waals surface area contributed by atoms with Crippen LogP contribution in [0.15, 0.2) is 40.3 Å². The molecule has 0 aromatic heterocycles. The number of hydrogen-bond donors (Lipinski definition) is 0. The summed E-state index contributed by atoms with van der Waals surface area (Å²) >= 11 is 6.04. The van der Waals surface area contributed by atoms with Crippen molar-refractivity contribution in [1.29, 1.82) is 0 Å². The van der Waals surface area contributed by atoms with Gasteiger partial charge in [0.2, 0.25) is 12.2 Å². The molecule has 0 radical (unpaired) electrons. The molecule has 17 heavy (non-hydrogen) atoms. The van der Waals surface area contributed by atoms with Crippen LogP contribution in [0.4, 0.5) is 11.4 Å². The number of carbonyl (C=O) groups excluding carboxylic acids is 2. The Hall–Kier alpha value is -2.25. The summed E-state index contributed by atoms with van der Waals surface area (Å²) < 4.78 is 0. The molecule has 0 spiro atoms. The maximum absolute atomic E-state index is 10.3. The lowest BCUT2D eigenvalue weighted by Crippen LogP contribution is -1.77. The summed E-state index contributed by atoms with van der Waals surface area (Å²) in [5.41, 5.74) is 0.827. The zero-order valence-corrected chi connectivity index (χ0v) is 9.23. The zero-order valence-electron chi connectivity index (χ0n) is 8.48. The van der Waals surface area contributed by atoms with Crippen LogP contribution in [0.25, 0.3) is 10.8 Å². The third-order valence-corrected chi connectivity index (χ3v) is 2.59. The molecule has 0 heterocycles. The van der Waals surface area contributed by atoms with Crippen molar-refractivity contribution in [3.63, 3.8) is 0 Å². The minimum atomic E-state index is 0.394. The largest absolute Gasteiger partial charge is 0.240 e. The van der Waals surface area contributed by atoms with Crippen molar-refractivity contribution in [2.24, 2.45) is 9.98 Å². The van der Waals surface area contributed by atoms with Crippen LogP contribution in [0.2, 0.25) is 5.02 Å². The molecule has 4 nitrogen and oxygen atoms in total. The van der Waals surface area contributed by atoms with E-state index in [2.05, 4.69) is 9.98 Å². The van der Waals surface area contributed by atoms with Crippen molar-refractivity contribution in [3.8, 4) is 0 Å². The normalized spacial score (nSPS) is 9.47. The van der Waals surface area contributed by atoms with Gasteiger partial charge in [-0.2, -0.15) is 9.98 Å². The number of isocyanates is 2. The summed E-state index contributed by atoms with van der Waals surface area (Å²) in [6.45, 7) is 0. The Kier molecular flexibility index (Phi) is 3.12. The van der Waals surface area contributed by atoms with Crippen molar-refractivity contribution in [2.45, 2.75) is 0 Å². The Morgan fingerprint density at radius 2 is 1.65 bits per heavy atom. The fraction of sp³-hybridized carbons (Fsp3) is 0. The van der Waals surface area contributed by atoms with Crippen molar-refractivity contribution in [1.82, 2.24) is 0 Å². The summed E-state index contributed by atoms with van der Waals surface area (Å²) in [4.78, 5) is 27.8. The molecule has 0 saturated heterocycles. The number of nitrogens with zero attached hydrogens (tertiary/aromatic N) is 2. The molecule has 5 heteroatoms. The van der Waals surface area contributed by atoms with Crippen molar-refractivity contribution < 1.29 is 9.59 Å². The third-order valence-electron chi connectivity index (χ3n) is 2.28. The van der Waals surface area contributed by atoms with Gasteiger partial charge in [-0.25, -0.2) is 9.59 Å². The zero-order chi connectivity index (χ0) is 12.3. The van der Waals surface area contributed by atoms with E-state index in [1.165, 1.54) is 12.2 Å². The topological polar surface area (TPSA) is 58.9 Å². The molecule has 0 N–H and O–H groups in total. The van der Waals surface area contributed by atoms with Gasteiger partial charge < -0.3 is 0 Å². The maximum Gasteiger partial charge on any atom is 0.240 e. The Labute approximate surface area is 101 Å². The smallest absolute Gasteiger partial charge is 0.211 e. The van der Waals surface area contributed by atoms with Gasteiger partial charge in [-0.3, -0.25) is 0 Å². The van der Waals surface area contributed by atoms with Gasteiger partial charge in [-0.1, -0.05) is 23.7 Å². The van der Waals surface area contributed by atoms with Crippen LogP contribution < -0.4 is 0 Å². The lowest BCUT2D eigenvalue weighted by molar-refractivity contribution is 0.564. The van der Waals surface area contributed by atoms with Gasteiger partial charge in [0.15, 0.2) is 0 Å². The van der Waals surface area contributed by atoms with Crippen LogP contribution in [-0.4, -0.2) is 12.2 Å². The van der Waals surface area contributed by atoms with Gasteiger partial charge in [0, 0.05) is 10.8 Å². The summed E-state index contributed by atoms with van der Waals surface area (Å²) in [5, 5.41) is 1.63. The van der Waals surface area contributed by atoms with Gasteiger partial charge in [0.1, 0.15) is 0 Å². The highest BCUT2D eigenvalue weighted by atomic mass is 35.5. The average Bonchev–Trinajstić information content (AvgIpc) is 2.33. The van der Waals surface area contributed by atoms with E-state index in [-0.39, 0.29) is 0 Å². The molecule has 2 aromatic rings. The minimum Gasteiger partial charge on any atom is -0.211 e. The third kappa shape index (κ3) is 2.01. The standard InChI is InChI=1S/C12H5ClN2O2/c13-9-4-5-10(14-6-16)8-2-1-3-11(12(8)9)15-7-17/h1-5H. The van der Waals surface area contributed by atoms with E-state index in [1.807, 2.05) is 0 Å². The van der Waals surface area contributed by atoms with Crippen LogP contribution in [-0.2, 0) is 9.59 Å². The second-order valence-corrected chi connectivity index (χ2v) is 3.58. The fourth-order valence-electron chi connectivity index (χ4n) is 1.62. The molecule has 0 saturated carbocycles. The molecule has 0 aliphatic heterocycles. The minimum absolute atomic E-state index is 0.394. The van der Waals surface area contributed by atoms with Gasteiger partial charge in [-0.15, -0.1) is 0 Å². The number of rotatable bonds is 2. The second kappa shape index (κ2) is 4.73. The number of benzene rings is 2. The Bertz CT molecular complexity index is 684. The van der Waals surface area contributed by atoms with Crippen LogP contribution in [0, 0.1) is 0 Å². The highest BCUT2D eigenvalue weighted by Crippen LogP contribution is 2.37. The van der Waals surface area contributed by atoms with Crippen molar-refractivity contribution in [3.05, 3.63) is 35.4 Å². The number of fused-ring (bicyclic) bond motifs is 1. The Balaban J connectivity index is 2.94. The summed E-state index contributed by atoms with van der Waals surface area (Å²) in [7, 11) is 0. The molecule has 82 valence electrons. The highest BCUT2D eigenvalue weighted by molar-refractivity contribution is 6.37. The van der Waals surface area contributed by atoms with E-state index >= 15 is 0 Å². The first-order valence-electron chi connectivity index (χ1n) is 4.65. The Morgan fingerprint density at radius 3 is 2.35 bits per heavy atom. The molecule has 0 atom stereocenters. The molecule has 0 bridgehead atoms. The predicted molar refractivity (Wildman–Crippen MR) is 64.5 cm³/mol. The fourth-order valence-corrected chi connectivity index (χ4v) is 1.88. The monoisotopic (exact) mass is 244 g/mol. The number of hydrogen-bond acceptors (Lipinski definition) is 4. The van der Waals surface area contributed by atoms with Crippen LogP contribution >= 0.6 is 11.6 Å². The molecule has 2 rings (SSSR count). The van der Waals surface area contributed by atoms with Crippen LogP contribution in [0.3, 0.4) is 0 Å². The van der Waals surface area contributed by atoms with Crippen LogP contribution in [0.1, 0.15) is 0 Å². The molecule has 2 aromatic carbocycles. The summed E-state index contributed by atoms with van der Waals surface area (Å²) in [6, 6.07) is 8.25. The number of halogens is 1. The SMILES string of the molecule is O=C=Nc1ccc(Cl)c2c(N=C=O)cccc12. The first kappa shape index (κ1) is 11.2. The molecular formula is C12H5ClN2O2. The predicted octanol–water partition coefficient (Wildman–Crippen LogP) is 3.43. The van der Waals surface area contributed by atoms with E-state index in [4.69, 9.17) is 11.6 Å². The molecule has 0 fully saturated rings. The molecule has 0 aliphatic carbocycles. The summed E-state index contributed by atoms with van der Waals surface area (Å²) in [5.74, 6) is 0. The maximum atomic E-state index is 10.3. The molecule has 0 amide bonds. The highest BCUT2D eigenvalue weighted by Gasteiger charge is 2.08. The van der Waals surface area contributed by atoms with Gasteiger partial charge in [-0.05, 0) is 18.2 Å². The van der Waals surface area contributed by atoms with E-state index < -0.39 is 0 Å². The van der Waals surface area contributed by atoms with Crippen LogP contribution in [0.5, 0.6) is 0 Å². The van der Waals surface area contributed by atoms with E-state index in [9.17, 15) is 9.59 Å². The summed E-state index contributed by atoms with van der Waals surface area (Å²) in [6.07, 6.45) is 2.93. The van der Waals surface area contributed by atoms with Crippen molar-refractivity contribution >= 4 is 45.9 Å². The van der Waals surface area contributed by atoms with E-state index in [0.717, 1.165) is 0 Å². The van der Waals surface area contributed by atoms with Gasteiger partial charge >= 0.3 is 0 Å². The quantitative estimate of drug-likeness (QED) is 0.600. The van der Waals surface area contributed by atoms with Gasteiger partial charge in [0.05, 0.1) is 16.4 Å². The number of aliphatic imine (C=N–C) groups is 2. The lowest BCUT2D eigenvalue weighted by Gasteiger charge is -2.04. The van der Waals surface area contributed by atoms with Crippen molar-refractivity contribution in [2.75, 3.05) is 0 Å².